The summed E-state index contributed by atoms with van der Waals surface area (Å²) >= 11 is 1.57. The molecule has 0 atom stereocenters. The van der Waals surface area contributed by atoms with Gasteiger partial charge in [0.05, 0.1) is 6.42 Å². The number of rotatable bonds is 5. The van der Waals surface area contributed by atoms with Gasteiger partial charge in [-0.05, 0) is 31.9 Å². The lowest BCUT2D eigenvalue weighted by molar-refractivity contribution is -0.136. The number of ether oxygens (including phenoxy) is 1. The predicted molar refractivity (Wildman–Crippen MR) is 71.0 cm³/mol. The van der Waals surface area contributed by atoms with Gasteiger partial charge in [0.15, 0.2) is 0 Å². The Morgan fingerprint density at radius 1 is 1.44 bits per heavy atom. The van der Waals surface area contributed by atoms with Crippen LogP contribution in [0, 0.1) is 0 Å². The Balaban J connectivity index is 1.85. The van der Waals surface area contributed by atoms with Crippen LogP contribution in [-0.2, 0) is 22.5 Å². The van der Waals surface area contributed by atoms with Gasteiger partial charge in [0.2, 0.25) is 0 Å². The fraction of sp³-hybridized carbons (Fsp3) is 0.615. The summed E-state index contributed by atoms with van der Waals surface area (Å²) in [5.74, 6) is -0.771. The Bertz CT molecular complexity index is 410. The molecule has 2 heterocycles. The fourth-order valence-corrected chi connectivity index (χ4v) is 3.01. The second kappa shape index (κ2) is 5.82. The minimum Gasteiger partial charge on any atom is -0.481 e. The van der Waals surface area contributed by atoms with E-state index in [0.29, 0.717) is 0 Å². The molecule has 1 fully saturated rings. The van der Waals surface area contributed by atoms with Crippen LogP contribution in [0.3, 0.4) is 0 Å². The summed E-state index contributed by atoms with van der Waals surface area (Å²) in [5.41, 5.74) is 0.148. The standard InChI is InChI=1S/C13H19NO3S/c1-13(4-6-17-7-5-13)14-9-11-3-2-10(18-11)8-12(15)16/h2-3,14H,4-9H2,1H3,(H,15,16). The number of carbonyl (C=O) groups is 1. The van der Waals surface area contributed by atoms with E-state index in [-0.39, 0.29) is 12.0 Å². The van der Waals surface area contributed by atoms with Crippen molar-refractivity contribution in [2.24, 2.45) is 0 Å². The van der Waals surface area contributed by atoms with Gasteiger partial charge in [-0.1, -0.05) is 0 Å². The lowest BCUT2D eigenvalue weighted by Crippen LogP contribution is -2.46. The van der Waals surface area contributed by atoms with Gasteiger partial charge in [-0.25, -0.2) is 0 Å². The highest BCUT2D eigenvalue weighted by Gasteiger charge is 2.26. The molecular formula is C13H19NO3S. The molecule has 0 radical (unpaired) electrons. The molecule has 2 rings (SSSR count). The molecule has 100 valence electrons. The predicted octanol–water partition coefficient (Wildman–Crippen LogP) is 2.03. The second-order valence-corrected chi connectivity index (χ2v) is 6.22. The van der Waals surface area contributed by atoms with Crippen LogP contribution in [-0.4, -0.2) is 29.8 Å². The lowest BCUT2D eigenvalue weighted by atomic mass is 9.92. The maximum Gasteiger partial charge on any atom is 0.308 e. The molecule has 2 N–H and O–H groups in total. The molecular weight excluding hydrogens is 250 g/mol. The summed E-state index contributed by atoms with van der Waals surface area (Å²) in [6.07, 6.45) is 2.18. The van der Waals surface area contributed by atoms with E-state index in [2.05, 4.69) is 12.2 Å². The van der Waals surface area contributed by atoms with Crippen LogP contribution < -0.4 is 5.32 Å². The van der Waals surface area contributed by atoms with Gasteiger partial charge in [0.25, 0.3) is 0 Å². The summed E-state index contributed by atoms with van der Waals surface area (Å²) < 4.78 is 5.36. The van der Waals surface area contributed by atoms with Crippen molar-refractivity contribution in [3.63, 3.8) is 0 Å². The molecule has 1 aliphatic rings. The minimum atomic E-state index is -0.771. The summed E-state index contributed by atoms with van der Waals surface area (Å²) in [7, 11) is 0. The van der Waals surface area contributed by atoms with Crippen molar-refractivity contribution in [2.45, 2.75) is 38.3 Å². The number of carboxylic acids is 1. The monoisotopic (exact) mass is 269 g/mol. The van der Waals surface area contributed by atoms with Crippen molar-refractivity contribution in [3.05, 3.63) is 21.9 Å². The molecule has 4 nitrogen and oxygen atoms in total. The molecule has 0 aromatic carbocycles. The molecule has 1 aliphatic heterocycles. The highest BCUT2D eigenvalue weighted by molar-refractivity contribution is 7.12. The Morgan fingerprint density at radius 2 is 2.11 bits per heavy atom. The largest absolute Gasteiger partial charge is 0.481 e. The molecule has 1 saturated heterocycles. The molecule has 0 unspecified atom stereocenters. The van der Waals surface area contributed by atoms with Gasteiger partial charge >= 0.3 is 5.97 Å². The zero-order valence-corrected chi connectivity index (χ0v) is 11.4. The van der Waals surface area contributed by atoms with Crippen molar-refractivity contribution in [1.82, 2.24) is 5.32 Å². The van der Waals surface area contributed by atoms with Crippen LogP contribution in [0.5, 0.6) is 0 Å². The number of nitrogens with one attached hydrogen (secondary N) is 1. The van der Waals surface area contributed by atoms with Gasteiger partial charge in [0, 0.05) is 35.1 Å². The van der Waals surface area contributed by atoms with Crippen LogP contribution in [0.1, 0.15) is 29.5 Å². The van der Waals surface area contributed by atoms with Gasteiger partial charge in [-0.2, -0.15) is 0 Å². The number of aliphatic carboxylic acids is 1. The first-order valence-corrected chi connectivity index (χ1v) is 7.01. The van der Waals surface area contributed by atoms with Crippen LogP contribution in [0.4, 0.5) is 0 Å². The van der Waals surface area contributed by atoms with Crippen LogP contribution in [0.15, 0.2) is 12.1 Å². The highest BCUT2D eigenvalue weighted by atomic mass is 32.1. The number of carboxylic acid groups (broad SMARTS) is 1. The van der Waals surface area contributed by atoms with Crippen molar-refractivity contribution >= 4 is 17.3 Å². The summed E-state index contributed by atoms with van der Waals surface area (Å²) in [6, 6.07) is 3.92. The van der Waals surface area contributed by atoms with E-state index < -0.39 is 5.97 Å². The molecule has 0 amide bonds. The van der Waals surface area contributed by atoms with Gasteiger partial charge < -0.3 is 15.2 Å². The van der Waals surface area contributed by atoms with E-state index >= 15 is 0 Å². The smallest absolute Gasteiger partial charge is 0.308 e. The zero-order valence-electron chi connectivity index (χ0n) is 10.6. The molecule has 1 aromatic rings. The van der Waals surface area contributed by atoms with Crippen molar-refractivity contribution < 1.29 is 14.6 Å². The van der Waals surface area contributed by atoms with E-state index in [1.165, 1.54) is 4.88 Å². The molecule has 1 aromatic heterocycles. The van der Waals surface area contributed by atoms with Crippen molar-refractivity contribution in [3.8, 4) is 0 Å². The van der Waals surface area contributed by atoms with E-state index in [4.69, 9.17) is 9.84 Å². The van der Waals surface area contributed by atoms with E-state index in [9.17, 15) is 4.79 Å². The zero-order chi connectivity index (χ0) is 13.0. The maximum absolute atomic E-state index is 10.6. The normalized spacial score (nSPS) is 18.7. The Hall–Kier alpha value is -0.910. The molecule has 0 saturated carbocycles. The number of hydrogen-bond donors (Lipinski definition) is 2. The summed E-state index contributed by atoms with van der Waals surface area (Å²) in [5, 5.41) is 12.3. The molecule has 0 aliphatic carbocycles. The van der Waals surface area contributed by atoms with Crippen LogP contribution in [0.25, 0.3) is 0 Å². The minimum absolute atomic E-state index is 0.121. The Morgan fingerprint density at radius 3 is 2.78 bits per heavy atom. The van der Waals surface area contributed by atoms with E-state index in [1.54, 1.807) is 11.3 Å². The van der Waals surface area contributed by atoms with Gasteiger partial charge in [0.1, 0.15) is 0 Å². The van der Waals surface area contributed by atoms with E-state index in [0.717, 1.165) is 37.5 Å². The lowest BCUT2D eigenvalue weighted by Gasteiger charge is -2.34. The fourth-order valence-electron chi connectivity index (χ4n) is 2.06. The summed E-state index contributed by atoms with van der Waals surface area (Å²) in [6.45, 7) is 4.67. The van der Waals surface area contributed by atoms with E-state index in [1.807, 2.05) is 12.1 Å². The molecule has 0 bridgehead atoms. The van der Waals surface area contributed by atoms with Crippen LogP contribution in [0.2, 0.25) is 0 Å². The molecule has 18 heavy (non-hydrogen) atoms. The SMILES string of the molecule is CC1(NCc2ccc(CC(=O)O)s2)CCOCC1. The topological polar surface area (TPSA) is 58.6 Å². The first kappa shape index (κ1) is 13.5. The average Bonchev–Trinajstić information content (AvgIpc) is 2.74. The second-order valence-electron chi connectivity index (χ2n) is 4.97. The van der Waals surface area contributed by atoms with Crippen molar-refractivity contribution in [1.29, 1.82) is 0 Å². The third kappa shape index (κ3) is 3.80. The number of thiophene rings is 1. The van der Waals surface area contributed by atoms with Crippen LogP contribution >= 0.6 is 11.3 Å². The Kier molecular flexibility index (Phi) is 4.37. The molecule has 0 spiro atoms. The average molecular weight is 269 g/mol. The number of hydrogen-bond acceptors (Lipinski definition) is 4. The van der Waals surface area contributed by atoms with Gasteiger partial charge in [-0.15, -0.1) is 11.3 Å². The molecule has 5 heteroatoms. The van der Waals surface area contributed by atoms with Crippen molar-refractivity contribution in [2.75, 3.05) is 13.2 Å². The first-order chi connectivity index (χ1) is 8.57. The third-order valence-electron chi connectivity index (χ3n) is 3.33. The maximum atomic E-state index is 10.6. The quantitative estimate of drug-likeness (QED) is 0.859. The third-order valence-corrected chi connectivity index (χ3v) is 4.41. The Labute approximate surface area is 111 Å². The highest BCUT2D eigenvalue weighted by Crippen LogP contribution is 2.22. The van der Waals surface area contributed by atoms with Gasteiger partial charge in [-0.3, -0.25) is 4.79 Å². The first-order valence-electron chi connectivity index (χ1n) is 6.20. The summed E-state index contributed by atoms with van der Waals surface area (Å²) in [4.78, 5) is 12.7.